The Kier molecular flexibility index (Phi) is 4.12. The molecule has 1 heterocycles. The number of nitrogens with zero attached hydrogens (tertiary/aromatic N) is 1. The number of aromatic nitrogens is 1. The number of hydrogen-bond acceptors (Lipinski definition) is 4. The van der Waals surface area contributed by atoms with Gasteiger partial charge < -0.3 is 14.1 Å². The molecule has 0 spiro atoms. The Hall–Kier alpha value is -2.10. The molecule has 0 N–H and O–H groups in total. The summed E-state index contributed by atoms with van der Waals surface area (Å²) in [7, 11) is 0. The monoisotopic (exact) mass is 245 g/mol. The third-order valence-electron chi connectivity index (χ3n) is 2.58. The van der Waals surface area contributed by atoms with Gasteiger partial charge in [-0.2, -0.15) is 0 Å². The van der Waals surface area contributed by atoms with Crippen LogP contribution in [0.15, 0.2) is 41.2 Å². The molecule has 0 saturated carbocycles. The van der Waals surface area contributed by atoms with E-state index in [1.165, 1.54) is 0 Å². The summed E-state index contributed by atoms with van der Waals surface area (Å²) in [4.78, 5) is 10.9. The zero-order valence-electron chi connectivity index (χ0n) is 10.3. The molecule has 4 heteroatoms. The third kappa shape index (κ3) is 3.73. The first-order valence-electron chi connectivity index (χ1n) is 5.83. The summed E-state index contributed by atoms with van der Waals surface area (Å²) < 4.78 is 10.3. The van der Waals surface area contributed by atoms with Gasteiger partial charge in [0.25, 0.3) is 0 Å². The van der Waals surface area contributed by atoms with Crippen LogP contribution in [-0.4, -0.2) is 10.9 Å². The van der Waals surface area contributed by atoms with Crippen molar-refractivity contribution in [2.24, 2.45) is 0 Å². The second-order valence-electron chi connectivity index (χ2n) is 4.17. The Morgan fingerprint density at radius 3 is 2.67 bits per heavy atom. The summed E-state index contributed by atoms with van der Waals surface area (Å²) >= 11 is 0. The lowest BCUT2D eigenvalue weighted by atomic mass is 10.1. The fourth-order valence-corrected chi connectivity index (χ4v) is 1.54. The van der Waals surface area contributed by atoms with E-state index in [1.807, 2.05) is 24.3 Å². The summed E-state index contributed by atoms with van der Waals surface area (Å²) in [5.41, 5.74) is 2.04. The van der Waals surface area contributed by atoms with Crippen LogP contribution in [0, 0.1) is 0 Å². The van der Waals surface area contributed by atoms with E-state index in [-0.39, 0.29) is 5.78 Å². The van der Waals surface area contributed by atoms with Crippen LogP contribution < -0.4 is 4.74 Å². The van der Waals surface area contributed by atoms with E-state index in [2.05, 4.69) is 5.16 Å². The van der Waals surface area contributed by atoms with Crippen molar-refractivity contribution in [1.82, 2.24) is 5.16 Å². The second kappa shape index (κ2) is 6.00. The number of carbonyl (C=O) groups is 1. The Morgan fingerprint density at radius 1 is 1.28 bits per heavy atom. The molecule has 94 valence electrons. The quantitative estimate of drug-likeness (QED) is 0.785. The SMILES string of the molecule is CC(=O)CCc1ccc(OCc2cnoc2)cc1. The zero-order chi connectivity index (χ0) is 12.8. The molecule has 2 rings (SSSR count). The fourth-order valence-electron chi connectivity index (χ4n) is 1.54. The predicted octanol–water partition coefficient (Wildman–Crippen LogP) is 2.78. The van der Waals surface area contributed by atoms with Crippen molar-refractivity contribution in [3.8, 4) is 5.75 Å². The Labute approximate surface area is 106 Å². The van der Waals surface area contributed by atoms with Gasteiger partial charge in [-0.05, 0) is 31.0 Å². The van der Waals surface area contributed by atoms with Crippen LogP contribution in [0.4, 0.5) is 0 Å². The number of ketones is 1. The summed E-state index contributed by atoms with van der Waals surface area (Å²) in [6.45, 7) is 2.05. The second-order valence-corrected chi connectivity index (χ2v) is 4.17. The smallest absolute Gasteiger partial charge is 0.130 e. The van der Waals surface area contributed by atoms with Gasteiger partial charge in [0.1, 0.15) is 24.4 Å². The van der Waals surface area contributed by atoms with E-state index in [1.54, 1.807) is 19.4 Å². The highest BCUT2D eigenvalue weighted by Crippen LogP contribution is 2.15. The Morgan fingerprint density at radius 2 is 2.06 bits per heavy atom. The first kappa shape index (κ1) is 12.4. The topological polar surface area (TPSA) is 52.3 Å². The lowest BCUT2D eigenvalue weighted by molar-refractivity contribution is -0.116. The molecule has 0 aliphatic carbocycles. The van der Waals surface area contributed by atoms with E-state index < -0.39 is 0 Å². The van der Waals surface area contributed by atoms with Gasteiger partial charge in [-0.15, -0.1) is 0 Å². The number of aryl methyl sites for hydroxylation is 1. The highest BCUT2D eigenvalue weighted by molar-refractivity contribution is 5.75. The van der Waals surface area contributed by atoms with Gasteiger partial charge in [-0.3, -0.25) is 0 Å². The first-order valence-corrected chi connectivity index (χ1v) is 5.83. The number of Topliss-reactive ketones (excluding diaryl/α,β-unsaturated/α-hetero) is 1. The van der Waals surface area contributed by atoms with Crippen LogP contribution in [0.1, 0.15) is 24.5 Å². The van der Waals surface area contributed by atoms with Crippen molar-refractivity contribution in [3.63, 3.8) is 0 Å². The maximum Gasteiger partial charge on any atom is 0.130 e. The minimum atomic E-state index is 0.211. The van der Waals surface area contributed by atoms with Crippen LogP contribution in [0.5, 0.6) is 5.75 Å². The molecule has 18 heavy (non-hydrogen) atoms. The summed E-state index contributed by atoms with van der Waals surface area (Å²) in [6, 6.07) is 7.77. The van der Waals surface area contributed by atoms with E-state index in [4.69, 9.17) is 9.26 Å². The molecule has 0 amide bonds. The fraction of sp³-hybridized carbons (Fsp3) is 0.286. The van der Waals surface area contributed by atoms with E-state index >= 15 is 0 Å². The summed E-state index contributed by atoms with van der Waals surface area (Å²) in [5.74, 6) is 1.01. The maximum atomic E-state index is 10.9. The molecule has 4 nitrogen and oxygen atoms in total. The lowest BCUT2D eigenvalue weighted by Crippen LogP contribution is -1.96. The number of carbonyl (C=O) groups excluding carboxylic acids is 1. The number of hydrogen-bond donors (Lipinski definition) is 0. The molecule has 1 aromatic heterocycles. The molecule has 0 bridgehead atoms. The molecule has 0 fully saturated rings. The summed E-state index contributed by atoms with van der Waals surface area (Å²) in [5, 5.41) is 3.60. The molecule has 1 aromatic carbocycles. The van der Waals surface area contributed by atoms with Crippen LogP contribution in [0.2, 0.25) is 0 Å². The van der Waals surface area contributed by atoms with Gasteiger partial charge in [-0.1, -0.05) is 17.3 Å². The van der Waals surface area contributed by atoms with Gasteiger partial charge in [0.15, 0.2) is 0 Å². The third-order valence-corrected chi connectivity index (χ3v) is 2.58. The van der Waals surface area contributed by atoms with Crippen LogP contribution >= 0.6 is 0 Å². The van der Waals surface area contributed by atoms with E-state index in [0.29, 0.717) is 13.0 Å². The Bertz CT molecular complexity index is 488. The van der Waals surface area contributed by atoms with Crippen molar-refractivity contribution in [3.05, 3.63) is 47.9 Å². The summed E-state index contributed by atoms with van der Waals surface area (Å²) in [6.07, 6.45) is 4.55. The van der Waals surface area contributed by atoms with Crippen LogP contribution in [0.3, 0.4) is 0 Å². The lowest BCUT2D eigenvalue weighted by Gasteiger charge is -2.05. The zero-order valence-corrected chi connectivity index (χ0v) is 10.3. The Balaban J connectivity index is 1.85. The normalized spacial score (nSPS) is 10.3. The van der Waals surface area contributed by atoms with Gasteiger partial charge >= 0.3 is 0 Å². The first-order chi connectivity index (χ1) is 8.74. The van der Waals surface area contributed by atoms with E-state index in [0.717, 1.165) is 23.3 Å². The predicted molar refractivity (Wildman–Crippen MR) is 66.3 cm³/mol. The number of ether oxygens (including phenoxy) is 1. The molecule has 0 aliphatic heterocycles. The maximum absolute atomic E-state index is 10.9. The van der Waals surface area contributed by atoms with Gasteiger partial charge in [0.05, 0.1) is 6.20 Å². The minimum Gasteiger partial charge on any atom is -0.489 e. The average Bonchev–Trinajstić information content (AvgIpc) is 2.88. The largest absolute Gasteiger partial charge is 0.489 e. The van der Waals surface area contributed by atoms with Crippen molar-refractivity contribution >= 4 is 5.78 Å². The van der Waals surface area contributed by atoms with Crippen molar-refractivity contribution in [2.45, 2.75) is 26.4 Å². The molecule has 0 unspecified atom stereocenters. The highest BCUT2D eigenvalue weighted by Gasteiger charge is 2.00. The van der Waals surface area contributed by atoms with Crippen molar-refractivity contribution in [2.75, 3.05) is 0 Å². The molecular formula is C14H15NO3. The number of benzene rings is 1. The molecule has 0 saturated heterocycles. The van der Waals surface area contributed by atoms with Gasteiger partial charge in [0, 0.05) is 12.0 Å². The van der Waals surface area contributed by atoms with Gasteiger partial charge in [-0.25, -0.2) is 0 Å². The number of rotatable bonds is 6. The molecule has 0 aliphatic rings. The van der Waals surface area contributed by atoms with Crippen LogP contribution in [0.25, 0.3) is 0 Å². The standard InChI is InChI=1S/C14H15NO3/c1-11(16)2-3-12-4-6-14(7-5-12)17-9-13-8-15-18-10-13/h4-8,10H,2-3,9H2,1H3. The average molecular weight is 245 g/mol. The van der Waals surface area contributed by atoms with Gasteiger partial charge in [0.2, 0.25) is 0 Å². The molecule has 0 atom stereocenters. The molecular weight excluding hydrogens is 230 g/mol. The molecule has 0 radical (unpaired) electrons. The highest BCUT2D eigenvalue weighted by atomic mass is 16.5. The minimum absolute atomic E-state index is 0.211. The van der Waals surface area contributed by atoms with E-state index in [9.17, 15) is 4.79 Å². The van der Waals surface area contributed by atoms with Crippen molar-refractivity contribution < 1.29 is 14.1 Å². The molecule has 2 aromatic rings. The van der Waals surface area contributed by atoms with Crippen LogP contribution in [-0.2, 0) is 17.8 Å². The van der Waals surface area contributed by atoms with Crippen molar-refractivity contribution in [1.29, 1.82) is 0 Å².